The lowest BCUT2D eigenvalue weighted by Crippen LogP contribution is -2.46. The Morgan fingerprint density at radius 2 is 1.03 bits per heavy atom. The number of carbonyl (C=O) groups is 3. The summed E-state index contributed by atoms with van der Waals surface area (Å²) in [5.74, 6) is 2.14. The minimum absolute atomic E-state index is 0.0132. The van der Waals surface area contributed by atoms with Crippen LogP contribution in [0.25, 0.3) is 0 Å². The number of ether oxygens (including phenoxy) is 4. The van der Waals surface area contributed by atoms with Crippen LogP contribution < -0.4 is 18.9 Å². The second-order valence-corrected chi connectivity index (χ2v) is 23.8. The molecule has 0 unspecified atom stereocenters. The standard InChI is InChI=1S/C28H40O5.C28H42O3/c1-9-10-13-27(5,6)18-15-21(32-25(31)26(2,3)4)23-19-14-17(24(29)30)11-12-20(19)28(7,8)33-22(23)16-18;1-10-11-14-27(6,7)19-16-22(30-25(29)26(3,4)5)24-20-15-18(2)12-13-21(20)28(8,9)31-23(24)17-19/h11,15-16,19-20H,9-10,12-14H2,1-8H3,(H,29,30);12,16-17,20-21H,10-11,13-15H2,1-9H3/t19-,20-;20-,21-/m11/s1. The zero-order chi connectivity index (χ0) is 48.0. The molecule has 8 heteroatoms. The van der Waals surface area contributed by atoms with Crippen molar-refractivity contribution < 1.29 is 38.4 Å². The van der Waals surface area contributed by atoms with Crippen LogP contribution >= 0.6 is 0 Å². The van der Waals surface area contributed by atoms with Crippen molar-refractivity contribution in [2.75, 3.05) is 0 Å². The van der Waals surface area contributed by atoms with Gasteiger partial charge in [-0.2, -0.15) is 0 Å². The van der Waals surface area contributed by atoms with E-state index in [2.05, 4.69) is 100 Å². The van der Waals surface area contributed by atoms with Gasteiger partial charge in [0, 0.05) is 40.4 Å². The molecule has 0 aromatic heterocycles. The molecule has 4 aliphatic rings. The van der Waals surface area contributed by atoms with Crippen molar-refractivity contribution in [3.8, 4) is 23.0 Å². The number of fused-ring (bicyclic) bond motifs is 6. The molecule has 4 atom stereocenters. The van der Waals surface area contributed by atoms with Crippen molar-refractivity contribution in [3.63, 3.8) is 0 Å². The summed E-state index contributed by atoms with van der Waals surface area (Å²) in [6.45, 7) is 35.4. The lowest BCUT2D eigenvalue weighted by atomic mass is 9.66. The second kappa shape index (κ2) is 18.7. The summed E-state index contributed by atoms with van der Waals surface area (Å²) >= 11 is 0. The summed E-state index contributed by atoms with van der Waals surface area (Å²) in [6, 6.07) is 8.45. The first-order chi connectivity index (χ1) is 29.4. The van der Waals surface area contributed by atoms with Crippen LogP contribution in [0.4, 0.5) is 0 Å². The van der Waals surface area contributed by atoms with Gasteiger partial charge in [-0.1, -0.05) is 85.0 Å². The molecule has 0 saturated carbocycles. The molecule has 0 radical (unpaired) electrons. The molecule has 0 saturated heterocycles. The molecule has 8 nitrogen and oxygen atoms in total. The van der Waals surface area contributed by atoms with E-state index >= 15 is 0 Å². The molecule has 1 N–H and O–H groups in total. The topological polar surface area (TPSA) is 108 Å². The summed E-state index contributed by atoms with van der Waals surface area (Å²) in [5, 5.41) is 9.68. The number of hydrogen-bond donors (Lipinski definition) is 1. The van der Waals surface area contributed by atoms with Crippen molar-refractivity contribution in [3.05, 3.63) is 69.8 Å². The first-order valence-corrected chi connectivity index (χ1v) is 24.2. The van der Waals surface area contributed by atoms with Crippen molar-refractivity contribution in [1.82, 2.24) is 0 Å². The van der Waals surface area contributed by atoms with Crippen molar-refractivity contribution >= 4 is 17.9 Å². The number of carbonyl (C=O) groups excluding carboxylic acids is 2. The van der Waals surface area contributed by atoms with Crippen LogP contribution in [0.5, 0.6) is 23.0 Å². The average molecular weight is 883 g/mol. The predicted octanol–water partition coefficient (Wildman–Crippen LogP) is 14.5. The van der Waals surface area contributed by atoms with E-state index in [0.29, 0.717) is 47.5 Å². The van der Waals surface area contributed by atoms with Crippen LogP contribution in [0.1, 0.15) is 216 Å². The average Bonchev–Trinajstić information content (AvgIpc) is 3.17. The maximum atomic E-state index is 12.9. The Morgan fingerprint density at radius 3 is 1.41 bits per heavy atom. The van der Waals surface area contributed by atoms with Gasteiger partial charge < -0.3 is 24.1 Å². The van der Waals surface area contributed by atoms with Gasteiger partial charge >= 0.3 is 17.9 Å². The number of rotatable bonds is 11. The Balaban J connectivity index is 0.000000241. The molecular formula is C56H82O8. The highest BCUT2D eigenvalue weighted by molar-refractivity contribution is 5.87. The Labute approximate surface area is 386 Å². The fourth-order valence-electron chi connectivity index (χ4n) is 10.1. The highest BCUT2D eigenvalue weighted by atomic mass is 16.5. The summed E-state index contributed by atoms with van der Waals surface area (Å²) in [7, 11) is 0. The third kappa shape index (κ3) is 11.1. The van der Waals surface area contributed by atoms with E-state index in [1.165, 1.54) is 24.0 Å². The number of benzene rings is 2. The number of hydrogen-bond acceptors (Lipinski definition) is 7. The van der Waals surface area contributed by atoms with Crippen molar-refractivity contribution in [1.29, 1.82) is 0 Å². The summed E-state index contributed by atoms with van der Waals surface area (Å²) in [4.78, 5) is 37.7. The van der Waals surface area contributed by atoms with Crippen LogP contribution in [-0.4, -0.2) is 34.2 Å². The maximum Gasteiger partial charge on any atom is 0.331 e. The zero-order valence-electron chi connectivity index (χ0n) is 42.6. The molecule has 2 aliphatic heterocycles. The Hall–Kier alpha value is -4.07. The minimum Gasteiger partial charge on any atom is -0.487 e. The number of esters is 2. The third-order valence-electron chi connectivity index (χ3n) is 14.6. The van der Waals surface area contributed by atoms with Crippen LogP contribution in [0.15, 0.2) is 47.6 Å². The van der Waals surface area contributed by atoms with Crippen LogP contribution in [0, 0.1) is 22.7 Å². The summed E-state index contributed by atoms with van der Waals surface area (Å²) in [5.41, 5.74) is 3.94. The van der Waals surface area contributed by atoms with E-state index in [-0.39, 0.29) is 40.2 Å². The molecule has 2 aromatic rings. The SMILES string of the molecule is CCCCC(C)(C)c1cc(OC(=O)C(C)(C)C)c2c(c1)OC(C)(C)[C@@H]1CC=C(C(=O)O)C[C@@H]21.CCCCC(C)(C)c1cc(OC(=O)C(C)(C)C)c2c(c1)OC(C)(C)[C@@H]1CC=C(C)C[C@@H]21. The molecule has 0 fully saturated rings. The first-order valence-electron chi connectivity index (χ1n) is 24.2. The highest BCUT2D eigenvalue weighted by Gasteiger charge is 2.49. The van der Waals surface area contributed by atoms with Gasteiger partial charge in [0.2, 0.25) is 0 Å². The third-order valence-corrected chi connectivity index (χ3v) is 14.6. The van der Waals surface area contributed by atoms with Gasteiger partial charge in [-0.25, -0.2) is 4.79 Å². The van der Waals surface area contributed by atoms with Gasteiger partial charge in [0.05, 0.1) is 10.8 Å². The predicted molar refractivity (Wildman–Crippen MR) is 258 cm³/mol. The van der Waals surface area contributed by atoms with E-state index < -0.39 is 22.4 Å². The zero-order valence-corrected chi connectivity index (χ0v) is 42.6. The van der Waals surface area contributed by atoms with Gasteiger partial charge in [0.1, 0.15) is 34.2 Å². The Morgan fingerprint density at radius 1 is 0.641 bits per heavy atom. The van der Waals surface area contributed by atoms with E-state index in [1.54, 1.807) is 0 Å². The largest absolute Gasteiger partial charge is 0.487 e. The first kappa shape index (κ1) is 50.9. The molecule has 0 spiro atoms. The van der Waals surface area contributed by atoms with Gasteiger partial charge in [-0.3, -0.25) is 9.59 Å². The molecule has 6 rings (SSSR count). The fraction of sp³-hybridized carbons (Fsp3) is 0.661. The summed E-state index contributed by atoms with van der Waals surface area (Å²) in [6.07, 6.45) is 13.8. The summed E-state index contributed by atoms with van der Waals surface area (Å²) < 4.78 is 25.4. The fourth-order valence-corrected chi connectivity index (χ4v) is 10.1. The second-order valence-electron chi connectivity index (χ2n) is 23.8. The molecule has 2 aromatic carbocycles. The Bertz CT molecular complexity index is 2130. The van der Waals surface area contributed by atoms with Gasteiger partial charge in [0.25, 0.3) is 0 Å². The number of carboxylic acid groups (broad SMARTS) is 1. The molecule has 2 heterocycles. The van der Waals surface area contributed by atoms with Gasteiger partial charge in [-0.05, 0) is 161 Å². The van der Waals surface area contributed by atoms with Crippen LogP contribution in [0.3, 0.4) is 0 Å². The number of unbranched alkanes of at least 4 members (excludes halogenated alkanes) is 2. The van der Waals surface area contributed by atoms with E-state index in [1.807, 2.05) is 53.7 Å². The molecule has 354 valence electrons. The van der Waals surface area contributed by atoms with Crippen molar-refractivity contribution in [2.45, 2.75) is 216 Å². The van der Waals surface area contributed by atoms with E-state index in [9.17, 15) is 19.5 Å². The van der Waals surface area contributed by atoms with E-state index in [4.69, 9.17) is 18.9 Å². The van der Waals surface area contributed by atoms with Gasteiger partial charge in [0.15, 0.2) is 0 Å². The van der Waals surface area contributed by atoms with Gasteiger partial charge in [-0.15, -0.1) is 0 Å². The molecule has 2 aliphatic carbocycles. The van der Waals surface area contributed by atoms with Crippen LogP contribution in [-0.2, 0) is 25.2 Å². The monoisotopic (exact) mass is 883 g/mol. The molecular weight excluding hydrogens is 801 g/mol. The number of allylic oxidation sites excluding steroid dienone is 3. The lowest BCUT2D eigenvalue weighted by molar-refractivity contribution is -0.143. The molecule has 0 amide bonds. The highest BCUT2D eigenvalue weighted by Crippen LogP contribution is 2.57. The quantitative estimate of drug-likeness (QED) is 0.135. The van der Waals surface area contributed by atoms with Crippen molar-refractivity contribution in [2.24, 2.45) is 22.7 Å². The molecule has 64 heavy (non-hydrogen) atoms. The molecule has 0 bridgehead atoms. The minimum atomic E-state index is -0.884. The van der Waals surface area contributed by atoms with E-state index in [0.717, 1.165) is 61.0 Å². The maximum absolute atomic E-state index is 12.9. The smallest absolute Gasteiger partial charge is 0.331 e. The lowest BCUT2D eigenvalue weighted by Gasteiger charge is -2.47. The Kier molecular flexibility index (Phi) is 14.9. The number of aliphatic carboxylic acids is 1. The van der Waals surface area contributed by atoms with Crippen LogP contribution in [0.2, 0.25) is 0 Å². The normalized spacial score (nSPS) is 22.3. The number of carboxylic acids is 1.